The number of nitrogens with zero attached hydrogens (tertiary/aromatic N) is 2. The number of halogens is 2. The summed E-state index contributed by atoms with van der Waals surface area (Å²) in [7, 11) is 0. The van der Waals surface area contributed by atoms with Crippen LogP contribution in [0, 0.1) is 0 Å². The first kappa shape index (κ1) is 22.2. The highest BCUT2D eigenvalue weighted by atomic mass is 35.5. The molecule has 0 spiro atoms. The first-order valence-corrected chi connectivity index (χ1v) is 12.6. The molecule has 0 aromatic heterocycles. The van der Waals surface area contributed by atoms with Gasteiger partial charge in [-0.3, -0.25) is 9.80 Å². The summed E-state index contributed by atoms with van der Waals surface area (Å²) < 4.78 is 0. The summed E-state index contributed by atoms with van der Waals surface area (Å²) in [6, 6.07) is 23.1. The molecule has 8 heteroatoms. The van der Waals surface area contributed by atoms with Gasteiger partial charge in [0.05, 0.1) is 0 Å². The lowest BCUT2D eigenvalue weighted by molar-refractivity contribution is 1.40. The van der Waals surface area contributed by atoms with Crippen molar-refractivity contribution in [3.05, 3.63) is 105 Å². The first-order chi connectivity index (χ1) is 16.4. The molecule has 2 aliphatic heterocycles. The Labute approximate surface area is 227 Å². The van der Waals surface area contributed by atoms with Gasteiger partial charge < -0.3 is 0 Å². The van der Waals surface area contributed by atoms with Gasteiger partial charge in [-0.15, -0.1) is 0 Å². The number of hydrogen-bond acceptors (Lipinski definition) is 4. The molecule has 2 heterocycles. The maximum Gasteiger partial charge on any atom is 0.119 e. The molecular formula is C26H12Cl2N2S4. The van der Waals surface area contributed by atoms with Crippen molar-refractivity contribution < 1.29 is 0 Å². The van der Waals surface area contributed by atoms with E-state index in [9.17, 15) is 0 Å². The lowest BCUT2D eigenvalue weighted by Gasteiger charge is -2.36. The van der Waals surface area contributed by atoms with E-state index >= 15 is 0 Å². The van der Waals surface area contributed by atoms with E-state index in [1.807, 2.05) is 82.6 Å². The molecule has 0 atom stereocenters. The van der Waals surface area contributed by atoms with Gasteiger partial charge in [-0.2, -0.15) is 0 Å². The van der Waals surface area contributed by atoms with Crippen LogP contribution in [-0.2, 0) is 0 Å². The monoisotopic (exact) mass is 550 g/mol. The first-order valence-electron chi connectivity index (χ1n) is 10.3. The fraction of sp³-hybridized carbons (Fsp3) is 0. The van der Waals surface area contributed by atoms with Crippen LogP contribution in [0.3, 0.4) is 0 Å². The zero-order valence-corrected chi connectivity index (χ0v) is 22.0. The van der Waals surface area contributed by atoms with E-state index in [1.165, 1.54) is 0 Å². The van der Waals surface area contributed by atoms with E-state index in [1.54, 1.807) is 0 Å². The van der Waals surface area contributed by atoms with E-state index in [0.717, 1.165) is 44.4 Å². The van der Waals surface area contributed by atoms with Crippen molar-refractivity contribution in [3.8, 4) is 0 Å². The van der Waals surface area contributed by atoms with Crippen LogP contribution in [0.1, 0.15) is 22.3 Å². The molecule has 0 N–H and O–H groups in total. The molecule has 0 saturated heterocycles. The third-order valence-corrected chi connectivity index (χ3v) is 8.18. The number of anilines is 2. The Morgan fingerprint density at radius 3 is 0.941 bits per heavy atom. The zero-order chi connectivity index (χ0) is 23.7. The van der Waals surface area contributed by atoms with E-state index < -0.39 is 0 Å². The maximum atomic E-state index is 6.10. The summed E-state index contributed by atoms with van der Waals surface area (Å²) in [5, 5.41) is 3.30. The van der Waals surface area contributed by atoms with Gasteiger partial charge >= 0.3 is 0 Å². The second-order valence-corrected chi connectivity index (χ2v) is 10.3. The van der Waals surface area contributed by atoms with Gasteiger partial charge in [-0.25, -0.2) is 0 Å². The topological polar surface area (TPSA) is 6.48 Å². The minimum Gasteiger partial charge on any atom is -0.291 e. The zero-order valence-electron chi connectivity index (χ0n) is 17.2. The second kappa shape index (κ2) is 8.12. The van der Waals surface area contributed by atoms with Gasteiger partial charge in [-0.1, -0.05) is 96.3 Å². The SMILES string of the molecule is S=C1c2ccc3c4c(ccc(c24)C(=S)N1c1ccc(Cl)cc1)C(=S)N(c1ccc(Cl)cc1)C3=S. The summed E-state index contributed by atoms with van der Waals surface area (Å²) in [4.78, 5) is 6.39. The third kappa shape index (κ3) is 3.18. The lowest BCUT2D eigenvalue weighted by Crippen LogP contribution is -2.42. The number of rotatable bonds is 2. The molecule has 2 aliphatic rings. The fourth-order valence-corrected chi connectivity index (χ4v) is 6.36. The quantitative estimate of drug-likeness (QED) is 0.232. The van der Waals surface area contributed by atoms with E-state index in [4.69, 9.17) is 72.1 Å². The van der Waals surface area contributed by atoms with Crippen molar-refractivity contribution in [1.29, 1.82) is 0 Å². The predicted molar refractivity (Wildman–Crippen MR) is 159 cm³/mol. The van der Waals surface area contributed by atoms with Gasteiger partial charge in [0.25, 0.3) is 0 Å². The van der Waals surface area contributed by atoms with Crippen LogP contribution in [0.25, 0.3) is 10.8 Å². The Balaban J connectivity index is 1.55. The Kier molecular flexibility index (Phi) is 5.30. The summed E-state index contributed by atoms with van der Waals surface area (Å²) >= 11 is 35.9. The number of thiocarbonyl (C=S) groups is 4. The minimum absolute atomic E-state index is 0.639. The van der Waals surface area contributed by atoms with Crippen molar-refractivity contribution in [1.82, 2.24) is 0 Å². The van der Waals surface area contributed by atoms with Crippen LogP contribution in [0.5, 0.6) is 0 Å². The Hall–Kier alpha value is -2.32. The van der Waals surface area contributed by atoms with Gasteiger partial charge in [0, 0.05) is 54.4 Å². The minimum atomic E-state index is 0.639. The molecule has 0 unspecified atom stereocenters. The van der Waals surface area contributed by atoms with Crippen LogP contribution in [0.2, 0.25) is 10.0 Å². The molecule has 0 radical (unpaired) electrons. The maximum absolute atomic E-state index is 6.10. The summed E-state index contributed by atoms with van der Waals surface area (Å²) in [5.74, 6) is 0. The van der Waals surface area contributed by atoms with Gasteiger partial charge in [0.1, 0.15) is 20.0 Å². The number of benzene rings is 4. The highest BCUT2D eigenvalue weighted by Gasteiger charge is 2.35. The van der Waals surface area contributed by atoms with Crippen LogP contribution in [0.15, 0.2) is 72.8 Å². The average Bonchev–Trinajstić information content (AvgIpc) is 2.83. The largest absolute Gasteiger partial charge is 0.291 e. The Morgan fingerprint density at radius 1 is 0.412 bits per heavy atom. The normalized spacial score (nSPS) is 14.9. The molecule has 164 valence electrons. The van der Waals surface area contributed by atoms with Crippen LogP contribution >= 0.6 is 72.1 Å². The van der Waals surface area contributed by atoms with E-state index in [-0.39, 0.29) is 0 Å². The van der Waals surface area contributed by atoms with E-state index in [0.29, 0.717) is 30.0 Å². The van der Waals surface area contributed by atoms with Crippen LogP contribution in [-0.4, -0.2) is 20.0 Å². The fourth-order valence-electron chi connectivity index (χ4n) is 4.52. The molecule has 0 bridgehead atoms. The summed E-state index contributed by atoms with van der Waals surface area (Å²) in [6.07, 6.45) is 0. The van der Waals surface area contributed by atoms with Gasteiger partial charge in [0.2, 0.25) is 0 Å². The molecule has 34 heavy (non-hydrogen) atoms. The molecule has 0 saturated carbocycles. The highest BCUT2D eigenvalue weighted by molar-refractivity contribution is 7.83. The predicted octanol–water partition coefficient (Wildman–Crippen LogP) is 7.89. The van der Waals surface area contributed by atoms with Crippen LogP contribution in [0.4, 0.5) is 11.4 Å². The average molecular weight is 552 g/mol. The van der Waals surface area contributed by atoms with Gasteiger partial charge in [-0.05, 0) is 48.5 Å². The van der Waals surface area contributed by atoms with E-state index in [2.05, 4.69) is 0 Å². The molecule has 0 amide bonds. The van der Waals surface area contributed by atoms with Crippen molar-refractivity contribution in [3.63, 3.8) is 0 Å². The van der Waals surface area contributed by atoms with Crippen molar-refractivity contribution in [2.24, 2.45) is 0 Å². The van der Waals surface area contributed by atoms with Gasteiger partial charge in [0.15, 0.2) is 0 Å². The summed E-state index contributed by atoms with van der Waals surface area (Å²) in [5.41, 5.74) is 5.47. The molecular weight excluding hydrogens is 539 g/mol. The van der Waals surface area contributed by atoms with Crippen molar-refractivity contribution >= 4 is 114 Å². The highest BCUT2D eigenvalue weighted by Crippen LogP contribution is 2.41. The molecule has 0 aliphatic carbocycles. The molecule has 4 aromatic rings. The van der Waals surface area contributed by atoms with Crippen LogP contribution < -0.4 is 9.80 Å². The molecule has 4 aromatic carbocycles. The lowest BCUT2D eigenvalue weighted by atomic mass is 9.86. The molecule has 0 fully saturated rings. The Morgan fingerprint density at radius 2 is 0.676 bits per heavy atom. The second-order valence-electron chi connectivity index (χ2n) is 7.92. The van der Waals surface area contributed by atoms with Crippen molar-refractivity contribution in [2.75, 3.05) is 9.80 Å². The molecule has 2 nitrogen and oxygen atoms in total. The molecule has 6 rings (SSSR count). The van der Waals surface area contributed by atoms with Crippen molar-refractivity contribution in [2.45, 2.75) is 0 Å². The smallest absolute Gasteiger partial charge is 0.119 e. The Bertz CT molecular complexity index is 1400. The summed E-state index contributed by atoms with van der Waals surface area (Å²) in [6.45, 7) is 0. The number of hydrogen-bond donors (Lipinski definition) is 0. The third-order valence-electron chi connectivity index (χ3n) is 6.06. The standard InChI is InChI=1S/C26H12Cl2N2S4/c27-13-1-5-15(6-2-13)29-23(31)17-9-11-19-22-20(12-10-18(21(17)22)24(29)32)26(34)30(25(19)33)16-7-3-14(28)4-8-16/h1-12H.